The molecule has 0 saturated carbocycles. The topological polar surface area (TPSA) is 66.8 Å². The first-order chi connectivity index (χ1) is 11.0. The maximum absolute atomic E-state index is 12.5. The van der Waals surface area contributed by atoms with Gasteiger partial charge in [-0.1, -0.05) is 13.8 Å². The smallest absolute Gasteiger partial charge is 0.298 e. The third-order valence-electron chi connectivity index (χ3n) is 4.92. The van der Waals surface area contributed by atoms with E-state index < -0.39 is 0 Å². The lowest BCUT2D eigenvalue weighted by Crippen LogP contribution is -2.46. The highest BCUT2D eigenvalue weighted by atomic mass is 16.5. The number of nitrogens with zero attached hydrogens (tertiary/aromatic N) is 1. The summed E-state index contributed by atoms with van der Waals surface area (Å²) in [5.41, 5.74) is 2.04. The molecule has 0 aliphatic carbocycles. The number of carbonyl (C=O) groups is 2. The SMILES string of the molecule is CC(C)CC1CN2CCc3cc(OC=O)c(O)cc3C2CC1=O. The van der Waals surface area contributed by atoms with Crippen molar-refractivity contribution in [2.75, 3.05) is 13.1 Å². The molecule has 1 N–H and O–H groups in total. The summed E-state index contributed by atoms with van der Waals surface area (Å²) < 4.78 is 4.81. The normalized spacial score (nSPS) is 24.2. The first kappa shape index (κ1) is 16.0. The Morgan fingerprint density at radius 2 is 2.22 bits per heavy atom. The number of carbonyl (C=O) groups excluding carboxylic acids is 2. The van der Waals surface area contributed by atoms with Crippen LogP contribution in [-0.2, 0) is 16.0 Å². The number of aromatic hydroxyl groups is 1. The Balaban J connectivity index is 1.86. The monoisotopic (exact) mass is 317 g/mol. The fourth-order valence-electron chi connectivity index (χ4n) is 3.89. The van der Waals surface area contributed by atoms with Gasteiger partial charge in [0.1, 0.15) is 5.78 Å². The third kappa shape index (κ3) is 3.11. The first-order valence-electron chi connectivity index (χ1n) is 8.22. The molecule has 1 aromatic carbocycles. The van der Waals surface area contributed by atoms with Gasteiger partial charge in [0, 0.05) is 31.5 Å². The number of Topliss-reactive ketones (excluding diaryl/α,β-unsaturated/α-hetero) is 1. The van der Waals surface area contributed by atoms with Gasteiger partial charge in [-0.05, 0) is 42.0 Å². The van der Waals surface area contributed by atoms with Crippen LogP contribution in [0.2, 0.25) is 0 Å². The van der Waals surface area contributed by atoms with Crippen molar-refractivity contribution in [3.8, 4) is 11.5 Å². The van der Waals surface area contributed by atoms with E-state index in [1.54, 1.807) is 12.1 Å². The Kier molecular flexibility index (Phi) is 4.39. The summed E-state index contributed by atoms with van der Waals surface area (Å²) in [4.78, 5) is 25.3. The highest BCUT2D eigenvalue weighted by molar-refractivity contribution is 5.83. The second kappa shape index (κ2) is 6.32. The molecule has 0 spiro atoms. The molecule has 0 aromatic heterocycles. The minimum Gasteiger partial charge on any atom is -0.504 e. The summed E-state index contributed by atoms with van der Waals surface area (Å²) in [5.74, 6) is 1.10. The van der Waals surface area contributed by atoms with Gasteiger partial charge in [-0.2, -0.15) is 0 Å². The second-order valence-corrected chi connectivity index (χ2v) is 6.99. The van der Waals surface area contributed by atoms with Crippen LogP contribution in [-0.4, -0.2) is 35.4 Å². The molecule has 2 heterocycles. The zero-order valence-electron chi connectivity index (χ0n) is 13.6. The van der Waals surface area contributed by atoms with Crippen LogP contribution in [0.25, 0.3) is 0 Å². The van der Waals surface area contributed by atoms with Crippen molar-refractivity contribution in [2.45, 2.75) is 39.2 Å². The van der Waals surface area contributed by atoms with Crippen LogP contribution in [0.4, 0.5) is 0 Å². The van der Waals surface area contributed by atoms with E-state index in [1.807, 2.05) is 0 Å². The van der Waals surface area contributed by atoms with Gasteiger partial charge >= 0.3 is 0 Å². The summed E-state index contributed by atoms with van der Waals surface area (Å²) >= 11 is 0. The van der Waals surface area contributed by atoms with E-state index >= 15 is 0 Å². The number of phenolic OH excluding ortho intramolecular Hbond substituents is 1. The standard InChI is InChI=1S/C18H23NO4/c1-11(2)5-13-9-19-4-3-12-6-18(23-10-20)17(22)7-14(12)15(19)8-16(13)21/h6-7,10-11,13,15,22H,3-5,8-9H2,1-2H3. The lowest BCUT2D eigenvalue weighted by molar-refractivity contribution is -0.129. The molecule has 1 aromatic rings. The second-order valence-electron chi connectivity index (χ2n) is 6.99. The quantitative estimate of drug-likeness (QED) is 0.864. The highest BCUT2D eigenvalue weighted by Crippen LogP contribution is 2.42. The number of hydrogen-bond acceptors (Lipinski definition) is 5. The van der Waals surface area contributed by atoms with Gasteiger partial charge in [-0.15, -0.1) is 0 Å². The molecule has 2 aliphatic heterocycles. The van der Waals surface area contributed by atoms with Crippen molar-refractivity contribution in [3.63, 3.8) is 0 Å². The summed E-state index contributed by atoms with van der Waals surface area (Å²) in [6.45, 7) is 6.31. The average molecular weight is 317 g/mol. The molecule has 3 rings (SSSR count). The van der Waals surface area contributed by atoms with Crippen LogP contribution >= 0.6 is 0 Å². The molecule has 1 saturated heterocycles. The third-order valence-corrected chi connectivity index (χ3v) is 4.92. The number of ketones is 1. The van der Waals surface area contributed by atoms with E-state index in [4.69, 9.17) is 4.74 Å². The van der Waals surface area contributed by atoms with E-state index in [0.29, 0.717) is 24.6 Å². The Bertz CT molecular complexity index is 626. The number of hydrogen-bond donors (Lipinski definition) is 1. The summed E-state index contributed by atoms with van der Waals surface area (Å²) in [6, 6.07) is 3.41. The Labute approximate surface area is 136 Å². The Morgan fingerprint density at radius 1 is 1.43 bits per heavy atom. The first-order valence-corrected chi connectivity index (χ1v) is 8.22. The van der Waals surface area contributed by atoms with Gasteiger partial charge in [0.25, 0.3) is 6.47 Å². The number of ether oxygens (including phenoxy) is 1. The van der Waals surface area contributed by atoms with Gasteiger partial charge in [0.15, 0.2) is 11.5 Å². The zero-order chi connectivity index (χ0) is 16.6. The van der Waals surface area contributed by atoms with Crippen molar-refractivity contribution >= 4 is 12.3 Å². The fraction of sp³-hybridized carbons (Fsp3) is 0.556. The molecule has 2 atom stereocenters. The van der Waals surface area contributed by atoms with E-state index in [0.717, 1.165) is 37.1 Å². The zero-order valence-corrected chi connectivity index (χ0v) is 13.6. The molecule has 0 amide bonds. The van der Waals surface area contributed by atoms with E-state index in [2.05, 4.69) is 18.7 Å². The molecule has 2 aliphatic rings. The number of piperidine rings is 1. The van der Waals surface area contributed by atoms with Gasteiger partial charge in [-0.25, -0.2) is 0 Å². The lowest BCUT2D eigenvalue weighted by Gasteiger charge is -2.43. The number of rotatable bonds is 4. The van der Waals surface area contributed by atoms with Crippen LogP contribution < -0.4 is 4.74 Å². The van der Waals surface area contributed by atoms with E-state index in [9.17, 15) is 14.7 Å². The molecule has 1 fully saturated rings. The minimum atomic E-state index is -0.0468. The summed E-state index contributed by atoms with van der Waals surface area (Å²) in [7, 11) is 0. The molecule has 0 radical (unpaired) electrons. The Morgan fingerprint density at radius 3 is 2.91 bits per heavy atom. The van der Waals surface area contributed by atoms with Crippen molar-refractivity contribution in [1.29, 1.82) is 0 Å². The van der Waals surface area contributed by atoms with Gasteiger partial charge in [-0.3, -0.25) is 14.5 Å². The molecular weight excluding hydrogens is 294 g/mol. The molecule has 5 nitrogen and oxygen atoms in total. The van der Waals surface area contributed by atoms with E-state index in [1.165, 1.54) is 0 Å². The van der Waals surface area contributed by atoms with Crippen LogP contribution in [0, 0.1) is 11.8 Å². The number of benzene rings is 1. The number of phenols is 1. The predicted octanol–water partition coefficient (Wildman–Crippen LogP) is 2.46. The van der Waals surface area contributed by atoms with Gasteiger partial charge in [0.05, 0.1) is 0 Å². The molecule has 124 valence electrons. The fourth-order valence-corrected chi connectivity index (χ4v) is 3.89. The average Bonchev–Trinajstić information content (AvgIpc) is 2.49. The van der Waals surface area contributed by atoms with Gasteiger partial charge in [0.2, 0.25) is 0 Å². The van der Waals surface area contributed by atoms with Crippen molar-refractivity contribution < 1.29 is 19.4 Å². The molecule has 5 heteroatoms. The summed E-state index contributed by atoms with van der Waals surface area (Å²) in [6.07, 6.45) is 2.27. The molecule has 0 bridgehead atoms. The Hall–Kier alpha value is -1.88. The van der Waals surface area contributed by atoms with Crippen LogP contribution in [0.3, 0.4) is 0 Å². The number of fused-ring (bicyclic) bond motifs is 3. The maximum atomic E-state index is 12.5. The minimum absolute atomic E-state index is 0.0332. The molecule has 2 unspecified atom stereocenters. The molecule has 23 heavy (non-hydrogen) atoms. The largest absolute Gasteiger partial charge is 0.504 e. The van der Waals surface area contributed by atoms with Crippen molar-refractivity contribution in [2.24, 2.45) is 11.8 Å². The van der Waals surface area contributed by atoms with Gasteiger partial charge < -0.3 is 9.84 Å². The van der Waals surface area contributed by atoms with Crippen molar-refractivity contribution in [3.05, 3.63) is 23.3 Å². The molecular formula is C18H23NO4. The van der Waals surface area contributed by atoms with Crippen LogP contribution in [0.1, 0.15) is 43.9 Å². The lowest BCUT2D eigenvalue weighted by atomic mass is 9.80. The highest BCUT2D eigenvalue weighted by Gasteiger charge is 2.38. The van der Waals surface area contributed by atoms with Crippen LogP contribution in [0.15, 0.2) is 12.1 Å². The van der Waals surface area contributed by atoms with E-state index in [-0.39, 0.29) is 23.5 Å². The maximum Gasteiger partial charge on any atom is 0.298 e. The summed E-state index contributed by atoms with van der Waals surface area (Å²) in [5, 5.41) is 10.0. The van der Waals surface area contributed by atoms with Crippen molar-refractivity contribution in [1.82, 2.24) is 4.90 Å². The van der Waals surface area contributed by atoms with Crippen LogP contribution in [0.5, 0.6) is 11.5 Å². The predicted molar refractivity (Wildman–Crippen MR) is 85.4 cm³/mol.